The van der Waals surface area contributed by atoms with Crippen LogP contribution in [0.15, 0.2) is 33.4 Å². The van der Waals surface area contributed by atoms with Gasteiger partial charge in [-0.25, -0.2) is 0 Å². The molecule has 2 fully saturated rings. The van der Waals surface area contributed by atoms with E-state index in [1.165, 1.54) is 6.42 Å². The van der Waals surface area contributed by atoms with Crippen molar-refractivity contribution in [1.82, 2.24) is 15.4 Å². The minimum absolute atomic E-state index is 0.0133. The zero-order valence-electron chi connectivity index (χ0n) is 21.4. The molecule has 2 saturated carbocycles. The Morgan fingerprint density at radius 2 is 1.89 bits per heavy atom. The van der Waals surface area contributed by atoms with Gasteiger partial charge < -0.3 is 24.5 Å². The van der Waals surface area contributed by atoms with E-state index in [9.17, 15) is 14.4 Å². The maximum Gasteiger partial charge on any atom is 0.246 e. The molecule has 2 atom stereocenters. The van der Waals surface area contributed by atoms with Crippen molar-refractivity contribution in [1.29, 1.82) is 0 Å². The van der Waals surface area contributed by atoms with Crippen molar-refractivity contribution in [3.05, 3.63) is 36.0 Å². The Kier molecular flexibility index (Phi) is 8.48. The molecule has 0 aromatic carbocycles. The molecular weight excluding hydrogens is 460 g/mol. The van der Waals surface area contributed by atoms with Crippen LogP contribution in [0, 0.1) is 12.8 Å². The molecule has 2 aromatic rings. The Hall–Kier alpha value is -3.10. The Labute approximate surface area is 212 Å². The average molecular weight is 499 g/mol. The first-order valence-electron chi connectivity index (χ1n) is 13.3. The third-order valence-electron chi connectivity index (χ3n) is 7.73. The highest BCUT2D eigenvalue weighted by Crippen LogP contribution is 2.40. The molecular formula is C27H38N4O5. The quantitative estimate of drug-likeness (QED) is 0.516. The number of rotatable bonds is 9. The second-order valence-electron chi connectivity index (χ2n) is 10.3. The number of carbonyl (C=O) groups is 3. The summed E-state index contributed by atoms with van der Waals surface area (Å²) >= 11 is 0. The summed E-state index contributed by atoms with van der Waals surface area (Å²) in [7, 11) is 0. The molecule has 2 aliphatic rings. The number of hydrogen-bond acceptors (Lipinski definition) is 6. The van der Waals surface area contributed by atoms with Crippen LogP contribution in [0.3, 0.4) is 0 Å². The van der Waals surface area contributed by atoms with Crippen molar-refractivity contribution < 1.29 is 23.3 Å². The molecule has 3 amide bonds. The summed E-state index contributed by atoms with van der Waals surface area (Å²) in [6.07, 6.45) is 10.3. The first-order chi connectivity index (χ1) is 17.4. The molecule has 9 nitrogen and oxygen atoms in total. The van der Waals surface area contributed by atoms with E-state index in [2.05, 4.69) is 22.7 Å². The van der Waals surface area contributed by atoms with Crippen LogP contribution in [0.1, 0.15) is 89.1 Å². The van der Waals surface area contributed by atoms with E-state index in [0.29, 0.717) is 23.8 Å². The van der Waals surface area contributed by atoms with E-state index in [-0.39, 0.29) is 49.1 Å². The summed E-state index contributed by atoms with van der Waals surface area (Å²) in [5.74, 6) is 0.889. The normalized spacial score (nSPS) is 22.7. The van der Waals surface area contributed by atoms with Crippen molar-refractivity contribution >= 4 is 23.5 Å². The summed E-state index contributed by atoms with van der Waals surface area (Å²) < 4.78 is 10.6. The number of aromatic nitrogens is 1. The van der Waals surface area contributed by atoms with E-state index in [0.717, 1.165) is 44.9 Å². The van der Waals surface area contributed by atoms with Crippen LogP contribution in [-0.2, 0) is 20.9 Å². The van der Waals surface area contributed by atoms with Gasteiger partial charge in [0.1, 0.15) is 17.1 Å². The van der Waals surface area contributed by atoms with E-state index in [4.69, 9.17) is 8.94 Å². The number of furan rings is 1. The molecule has 0 aliphatic heterocycles. The molecule has 2 unspecified atom stereocenters. The lowest BCUT2D eigenvalue weighted by atomic mass is 9.71. The summed E-state index contributed by atoms with van der Waals surface area (Å²) in [4.78, 5) is 42.0. The van der Waals surface area contributed by atoms with Gasteiger partial charge in [0.25, 0.3) is 0 Å². The number of aryl methyl sites for hydroxylation is 1. The second-order valence-corrected chi connectivity index (χ2v) is 10.3. The molecule has 2 N–H and O–H groups in total. The zero-order valence-corrected chi connectivity index (χ0v) is 21.4. The predicted molar refractivity (Wildman–Crippen MR) is 134 cm³/mol. The summed E-state index contributed by atoms with van der Waals surface area (Å²) in [5, 5.41) is 9.75. The van der Waals surface area contributed by atoms with Gasteiger partial charge in [-0.15, -0.1) is 0 Å². The Morgan fingerprint density at radius 3 is 2.56 bits per heavy atom. The summed E-state index contributed by atoms with van der Waals surface area (Å²) in [6.45, 7) is 4.00. The van der Waals surface area contributed by atoms with Crippen LogP contribution in [0.25, 0.3) is 0 Å². The van der Waals surface area contributed by atoms with Gasteiger partial charge in [0.2, 0.25) is 17.7 Å². The van der Waals surface area contributed by atoms with E-state index in [1.54, 1.807) is 30.2 Å². The Balaban J connectivity index is 1.54. The van der Waals surface area contributed by atoms with E-state index >= 15 is 0 Å². The molecule has 0 spiro atoms. The fourth-order valence-corrected chi connectivity index (χ4v) is 5.74. The number of nitrogens with one attached hydrogen (secondary N) is 2. The molecule has 4 rings (SSSR count). The highest BCUT2D eigenvalue weighted by Gasteiger charge is 2.51. The van der Waals surface area contributed by atoms with Gasteiger partial charge in [-0.3, -0.25) is 14.4 Å². The minimum Gasteiger partial charge on any atom is -0.467 e. The average Bonchev–Trinajstić information content (AvgIpc) is 3.54. The maximum atomic E-state index is 14.0. The molecule has 0 radical (unpaired) electrons. The standard InChI is InChI=1S/C27H38N4O5/c1-19-9-6-7-15-27(19,26(34)28-21-10-4-3-5-11-21)31(18-22-12-8-16-35-22)25(33)14-13-24(32)29-23-17-20(2)36-30-23/h8,12,16-17,19,21H,3-7,9-11,13-15,18H2,1-2H3,(H,28,34)(H,29,30,32). The largest absolute Gasteiger partial charge is 0.467 e. The first kappa shape index (κ1) is 26.0. The lowest BCUT2D eigenvalue weighted by molar-refractivity contribution is -0.156. The second kappa shape index (κ2) is 11.8. The maximum absolute atomic E-state index is 14.0. The van der Waals surface area contributed by atoms with Crippen LogP contribution in [0.5, 0.6) is 0 Å². The van der Waals surface area contributed by atoms with Crippen molar-refractivity contribution in [2.45, 2.75) is 103 Å². The lowest BCUT2D eigenvalue weighted by Gasteiger charge is -2.49. The molecule has 196 valence electrons. The number of hydrogen-bond donors (Lipinski definition) is 2. The third-order valence-corrected chi connectivity index (χ3v) is 7.73. The highest BCUT2D eigenvalue weighted by molar-refractivity contribution is 5.95. The summed E-state index contributed by atoms with van der Waals surface area (Å²) in [6, 6.07) is 5.37. The van der Waals surface area contributed by atoms with Crippen molar-refractivity contribution in [3.8, 4) is 0 Å². The fraction of sp³-hybridized carbons (Fsp3) is 0.630. The predicted octanol–water partition coefficient (Wildman–Crippen LogP) is 4.72. The Bertz CT molecular complexity index is 1030. The Morgan fingerprint density at radius 1 is 1.11 bits per heavy atom. The van der Waals surface area contributed by atoms with Gasteiger partial charge >= 0.3 is 0 Å². The highest BCUT2D eigenvalue weighted by atomic mass is 16.5. The van der Waals surface area contributed by atoms with Gasteiger partial charge in [-0.1, -0.05) is 44.2 Å². The van der Waals surface area contributed by atoms with Crippen molar-refractivity contribution in [2.24, 2.45) is 5.92 Å². The van der Waals surface area contributed by atoms with Crippen LogP contribution >= 0.6 is 0 Å². The lowest BCUT2D eigenvalue weighted by Crippen LogP contribution is -2.65. The molecule has 2 heterocycles. The van der Waals surface area contributed by atoms with Gasteiger partial charge in [-0.2, -0.15) is 0 Å². The van der Waals surface area contributed by atoms with Crippen LogP contribution < -0.4 is 10.6 Å². The smallest absolute Gasteiger partial charge is 0.246 e. The van der Waals surface area contributed by atoms with Crippen LogP contribution in [0.2, 0.25) is 0 Å². The molecule has 2 aromatic heterocycles. The SMILES string of the molecule is Cc1cc(NC(=O)CCC(=O)N(Cc2ccco2)C2(C(=O)NC3CCCCC3)CCCCC2C)no1. The summed E-state index contributed by atoms with van der Waals surface area (Å²) in [5.41, 5.74) is -0.973. The van der Waals surface area contributed by atoms with Gasteiger partial charge in [0.15, 0.2) is 5.82 Å². The molecule has 9 heteroatoms. The first-order valence-corrected chi connectivity index (χ1v) is 13.3. The number of amides is 3. The number of anilines is 1. The minimum atomic E-state index is -0.973. The molecule has 2 aliphatic carbocycles. The molecule has 36 heavy (non-hydrogen) atoms. The monoisotopic (exact) mass is 498 g/mol. The number of carbonyl (C=O) groups excluding carboxylic acids is 3. The van der Waals surface area contributed by atoms with Crippen molar-refractivity contribution in [3.63, 3.8) is 0 Å². The van der Waals surface area contributed by atoms with Gasteiger partial charge in [0.05, 0.1) is 12.8 Å². The van der Waals surface area contributed by atoms with Gasteiger partial charge in [-0.05, 0) is 50.7 Å². The third kappa shape index (κ3) is 5.99. The topological polar surface area (TPSA) is 118 Å². The van der Waals surface area contributed by atoms with E-state index in [1.807, 2.05) is 6.07 Å². The zero-order chi connectivity index (χ0) is 25.5. The molecule has 0 bridgehead atoms. The number of nitrogens with zero attached hydrogens (tertiary/aromatic N) is 2. The van der Waals surface area contributed by atoms with Crippen LogP contribution in [-0.4, -0.2) is 39.4 Å². The van der Waals surface area contributed by atoms with Crippen molar-refractivity contribution in [2.75, 3.05) is 5.32 Å². The van der Waals surface area contributed by atoms with Crippen LogP contribution in [0.4, 0.5) is 5.82 Å². The molecule has 0 saturated heterocycles. The van der Waals surface area contributed by atoms with E-state index < -0.39 is 5.54 Å². The van der Waals surface area contributed by atoms with Gasteiger partial charge in [0, 0.05) is 24.9 Å². The fourth-order valence-electron chi connectivity index (χ4n) is 5.74.